The van der Waals surface area contributed by atoms with E-state index in [9.17, 15) is 4.79 Å². The quantitative estimate of drug-likeness (QED) is 0.817. The number of aryl methyl sites for hydroxylation is 1. The van der Waals surface area contributed by atoms with Crippen molar-refractivity contribution < 1.29 is 5.11 Å². The molecule has 0 spiro atoms. The second-order valence-corrected chi connectivity index (χ2v) is 4.89. The molecule has 0 fully saturated rings. The molecule has 0 bridgehead atoms. The molecule has 94 valence electrons. The second kappa shape index (κ2) is 5.67. The normalized spacial score (nSPS) is 10.1. The summed E-state index contributed by atoms with van der Waals surface area (Å²) in [6.45, 7) is 0.542. The maximum absolute atomic E-state index is 11.6. The first-order valence-electron chi connectivity index (χ1n) is 5.47. The van der Waals surface area contributed by atoms with Crippen molar-refractivity contribution >= 4 is 11.3 Å². The molecule has 0 saturated heterocycles. The van der Waals surface area contributed by atoms with E-state index in [1.807, 2.05) is 12.1 Å². The minimum absolute atomic E-state index is 0.0779. The van der Waals surface area contributed by atoms with Gasteiger partial charge in [0, 0.05) is 18.3 Å². The summed E-state index contributed by atoms with van der Waals surface area (Å²) in [5.41, 5.74) is -0.128. The zero-order chi connectivity index (χ0) is 13.0. The zero-order valence-corrected chi connectivity index (χ0v) is 10.8. The topological polar surface area (TPSA) is 60.1 Å². The summed E-state index contributed by atoms with van der Waals surface area (Å²) >= 11 is 1.53. The summed E-state index contributed by atoms with van der Waals surface area (Å²) in [6, 6.07) is 3.85. The monoisotopic (exact) mass is 263 g/mol. The van der Waals surface area contributed by atoms with Gasteiger partial charge in [-0.15, -0.1) is 11.3 Å². The minimum atomic E-state index is -0.128. The van der Waals surface area contributed by atoms with Crippen molar-refractivity contribution in [3.63, 3.8) is 0 Å². The van der Waals surface area contributed by atoms with Crippen LogP contribution in [0.3, 0.4) is 0 Å². The minimum Gasteiger partial charge on any atom is -0.395 e. The first kappa shape index (κ1) is 12.6. The summed E-state index contributed by atoms with van der Waals surface area (Å²) < 4.78 is 2.85. The van der Waals surface area contributed by atoms with Gasteiger partial charge in [0.25, 0.3) is 0 Å². The van der Waals surface area contributed by atoms with Gasteiger partial charge >= 0.3 is 5.69 Å². The van der Waals surface area contributed by atoms with Crippen LogP contribution in [0.4, 0.5) is 0 Å². The summed E-state index contributed by atoms with van der Waals surface area (Å²) in [7, 11) is 1.67. The Balaban J connectivity index is 2.10. The molecule has 6 heteroatoms. The largest absolute Gasteiger partial charge is 0.395 e. The fourth-order valence-corrected chi connectivity index (χ4v) is 2.28. The van der Waals surface area contributed by atoms with Crippen molar-refractivity contribution in [1.82, 2.24) is 14.3 Å². The molecule has 0 aliphatic carbocycles. The number of hydrogen-bond acceptors (Lipinski definition) is 4. The van der Waals surface area contributed by atoms with Crippen molar-refractivity contribution in [3.8, 4) is 11.8 Å². The third kappa shape index (κ3) is 2.88. The molecule has 0 radical (unpaired) electrons. The predicted molar refractivity (Wildman–Crippen MR) is 69.5 cm³/mol. The van der Waals surface area contributed by atoms with E-state index in [1.165, 1.54) is 26.9 Å². The van der Waals surface area contributed by atoms with E-state index in [-0.39, 0.29) is 12.3 Å². The first-order chi connectivity index (χ1) is 8.70. The van der Waals surface area contributed by atoms with Gasteiger partial charge in [-0.2, -0.15) is 5.10 Å². The van der Waals surface area contributed by atoms with Crippen LogP contribution in [-0.2, 0) is 13.6 Å². The molecule has 2 aromatic heterocycles. The van der Waals surface area contributed by atoms with Crippen LogP contribution in [0.25, 0.3) is 0 Å². The van der Waals surface area contributed by atoms with Crippen LogP contribution in [0.5, 0.6) is 0 Å². The van der Waals surface area contributed by atoms with Crippen LogP contribution in [0.15, 0.2) is 23.3 Å². The molecule has 18 heavy (non-hydrogen) atoms. The molecule has 0 amide bonds. The van der Waals surface area contributed by atoms with Gasteiger partial charge in [0.05, 0.1) is 18.0 Å². The third-order valence-electron chi connectivity index (χ3n) is 2.30. The van der Waals surface area contributed by atoms with Gasteiger partial charge in [-0.25, -0.2) is 9.48 Å². The van der Waals surface area contributed by atoms with E-state index < -0.39 is 0 Å². The lowest BCUT2D eigenvalue weighted by Gasteiger charge is -1.94. The smallest absolute Gasteiger partial charge is 0.345 e. The average molecular weight is 263 g/mol. The summed E-state index contributed by atoms with van der Waals surface area (Å²) in [5.74, 6) is 5.83. The Hall–Kier alpha value is -1.84. The molecule has 0 unspecified atom stereocenters. The molecule has 2 aromatic rings. The van der Waals surface area contributed by atoms with Crippen molar-refractivity contribution in [3.05, 3.63) is 38.7 Å². The summed E-state index contributed by atoms with van der Waals surface area (Å²) in [6.07, 6.45) is 1.98. The second-order valence-electron chi connectivity index (χ2n) is 3.72. The fraction of sp³-hybridized carbons (Fsp3) is 0.333. The molecule has 5 nitrogen and oxygen atoms in total. The SMILES string of the molecule is Cn1cnn(Cc2ccc(C#CCCO)s2)c1=O. The van der Waals surface area contributed by atoms with Gasteiger partial charge in [-0.3, -0.25) is 4.57 Å². The van der Waals surface area contributed by atoms with Gasteiger partial charge in [0.1, 0.15) is 6.33 Å². The number of thiophene rings is 1. The highest BCUT2D eigenvalue weighted by molar-refractivity contribution is 7.12. The predicted octanol–water partition coefficient (Wildman–Crippen LogP) is 0.425. The Morgan fingerprint density at radius 1 is 1.50 bits per heavy atom. The Morgan fingerprint density at radius 2 is 2.33 bits per heavy atom. The van der Waals surface area contributed by atoms with Gasteiger partial charge in [-0.05, 0) is 12.1 Å². The number of rotatable bonds is 3. The van der Waals surface area contributed by atoms with Crippen LogP contribution < -0.4 is 5.69 Å². The van der Waals surface area contributed by atoms with E-state index in [1.54, 1.807) is 7.05 Å². The van der Waals surface area contributed by atoms with E-state index in [0.717, 1.165) is 9.75 Å². The number of aromatic nitrogens is 3. The lowest BCUT2D eigenvalue weighted by Crippen LogP contribution is -2.23. The Bertz CT molecular complexity index is 642. The summed E-state index contributed by atoms with van der Waals surface area (Å²) in [4.78, 5) is 13.6. The lowest BCUT2D eigenvalue weighted by atomic mass is 10.4. The van der Waals surface area contributed by atoms with E-state index in [4.69, 9.17) is 5.11 Å². The van der Waals surface area contributed by atoms with Gasteiger partial charge < -0.3 is 5.11 Å². The standard InChI is InChI=1S/C12H13N3O2S/c1-14-9-13-15(12(14)17)8-11-6-5-10(18-11)4-2-3-7-16/h5-6,9,16H,3,7-8H2,1H3. The highest BCUT2D eigenvalue weighted by Gasteiger charge is 2.04. The number of hydrogen-bond donors (Lipinski definition) is 1. The molecule has 0 saturated carbocycles. The summed E-state index contributed by atoms with van der Waals surface area (Å²) in [5, 5.41) is 12.6. The third-order valence-corrected chi connectivity index (χ3v) is 3.29. The van der Waals surface area contributed by atoms with Crippen LogP contribution in [0, 0.1) is 11.8 Å². The van der Waals surface area contributed by atoms with E-state index in [2.05, 4.69) is 16.9 Å². The van der Waals surface area contributed by atoms with Crippen molar-refractivity contribution in [2.45, 2.75) is 13.0 Å². The highest BCUT2D eigenvalue weighted by atomic mass is 32.1. The maximum Gasteiger partial charge on any atom is 0.345 e. The van der Waals surface area contributed by atoms with Gasteiger partial charge in [0.15, 0.2) is 0 Å². The number of aliphatic hydroxyl groups excluding tert-OH is 1. The molecule has 0 aliphatic rings. The van der Waals surface area contributed by atoms with E-state index in [0.29, 0.717) is 13.0 Å². The van der Waals surface area contributed by atoms with Crippen molar-refractivity contribution in [2.75, 3.05) is 6.61 Å². The van der Waals surface area contributed by atoms with Gasteiger partial charge in [-0.1, -0.05) is 11.8 Å². The zero-order valence-electron chi connectivity index (χ0n) is 9.96. The Labute approximate surface area is 108 Å². The molecule has 2 heterocycles. The maximum atomic E-state index is 11.6. The van der Waals surface area contributed by atoms with Crippen LogP contribution >= 0.6 is 11.3 Å². The van der Waals surface area contributed by atoms with Crippen molar-refractivity contribution in [2.24, 2.45) is 7.05 Å². The Morgan fingerprint density at radius 3 is 3.00 bits per heavy atom. The van der Waals surface area contributed by atoms with Gasteiger partial charge in [0.2, 0.25) is 0 Å². The fourth-order valence-electron chi connectivity index (χ4n) is 1.41. The molecule has 0 atom stereocenters. The number of nitrogens with zero attached hydrogens (tertiary/aromatic N) is 3. The first-order valence-corrected chi connectivity index (χ1v) is 6.29. The lowest BCUT2D eigenvalue weighted by molar-refractivity contribution is 0.305. The Kier molecular flexibility index (Phi) is 3.97. The molecular formula is C12H13N3O2S. The van der Waals surface area contributed by atoms with Crippen LogP contribution in [-0.4, -0.2) is 26.1 Å². The molecule has 0 aromatic carbocycles. The molecule has 2 rings (SSSR count). The van der Waals surface area contributed by atoms with Crippen LogP contribution in [0.1, 0.15) is 16.2 Å². The average Bonchev–Trinajstić information content (AvgIpc) is 2.92. The molecular weight excluding hydrogens is 250 g/mol. The van der Waals surface area contributed by atoms with E-state index >= 15 is 0 Å². The molecule has 1 N–H and O–H groups in total. The number of aliphatic hydroxyl groups is 1. The highest BCUT2D eigenvalue weighted by Crippen LogP contribution is 2.15. The molecule has 0 aliphatic heterocycles. The van der Waals surface area contributed by atoms with Crippen LogP contribution in [0.2, 0.25) is 0 Å². The van der Waals surface area contributed by atoms with Crippen molar-refractivity contribution in [1.29, 1.82) is 0 Å².